The third kappa shape index (κ3) is 3.79. The second-order valence-corrected chi connectivity index (χ2v) is 5.52. The van der Waals surface area contributed by atoms with Crippen molar-refractivity contribution in [2.75, 3.05) is 10.7 Å². The normalized spacial score (nSPS) is 9.43. The summed E-state index contributed by atoms with van der Waals surface area (Å²) in [6.07, 6.45) is 3.37. The van der Waals surface area contributed by atoms with Crippen LogP contribution in [0.4, 0.5) is 11.4 Å². The zero-order valence-corrected chi connectivity index (χ0v) is 12.6. The molecule has 1 aromatic carbocycles. The van der Waals surface area contributed by atoms with Gasteiger partial charge in [-0.2, -0.15) is 10.5 Å². The van der Waals surface area contributed by atoms with Crippen LogP contribution in [-0.4, -0.2) is 15.1 Å². The summed E-state index contributed by atoms with van der Waals surface area (Å²) >= 11 is 6.71. The number of nitriles is 2. The van der Waals surface area contributed by atoms with E-state index < -0.39 is 0 Å². The molecule has 2 rings (SSSR count). The third-order valence-corrected chi connectivity index (χ3v) is 3.86. The van der Waals surface area contributed by atoms with Gasteiger partial charge < -0.3 is 0 Å². The molecule has 0 saturated carbocycles. The Hall–Kier alpha value is -2.41. The Morgan fingerprint density at radius 1 is 1.10 bits per heavy atom. The molecule has 0 spiro atoms. The van der Waals surface area contributed by atoms with Gasteiger partial charge in [0.1, 0.15) is 4.32 Å². The van der Waals surface area contributed by atoms with Crippen molar-refractivity contribution in [3.63, 3.8) is 0 Å². The van der Waals surface area contributed by atoms with Gasteiger partial charge in [0.15, 0.2) is 0 Å². The van der Waals surface area contributed by atoms with Crippen molar-refractivity contribution in [2.45, 2.75) is 0 Å². The van der Waals surface area contributed by atoms with Crippen LogP contribution in [0.5, 0.6) is 0 Å². The molecule has 0 amide bonds. The predicted octanol–water partition coefficient (Wildman–Crippen LogP) is 3.63. The molecule has 2 aromatic rings. The second kappa shape index (κ2) is 7.39. The number of nitrogens with zero attached hydrogens (tertiary/aromatic N) is 4. The van der Waals surface area contributed by atoms with Crippen LogP contribution in [0.15, 0.2) is 48.8 Å². The summed E-state index contributed by atoms with van der Waals surface area (Å²) in [5.74, 6) is 0.288. The average Bonchev–Trinajstić information content (AvgIpc) is 2.55. The molecule has 0 atom stereocenters. The summed E-state index contributed by atoms with van der Waals surface area (Å²) in [5, 5.41) is 17.6. The summed E-state index contributed by atoms with van der Waals surface area (Å²) in [7, 11) is 0. The molecule has 0 fully saturated rings. The Labute approximate surface area is 132 Å². The first-order valence-electron chi connectivity index (χ1n) is 6.00. The number of thiocarbonyl (C=S) groups is 1. The second-order valence-electron chi connectivity index (χ2n) is 3.91. The van der Waals surface area contributed by atoms with E-state index in [1.54, 1.807) is 24.5 Å². The molecule has 0 aliphatic heterocycles. The lowest BCUT2D eigenvalue weighted by molar-refractivity contribution is 1.29. The van der Waals surface area contributed by atoms with Crippen molar-refractivity contribution in [3.8, 4) is 12.1 Å². The lowest BCUT2D eigenvalue weighted by Crippen LogP contribution is -2.21. The zero-order valence-electron chi connectivity index (χ0n) is 10.9. The molecule has 6 heteroatoms. The zero-order chi connectivity index (χ0) is 15.1. The number of thioether (sulfide) groups is 1. The van der Waals surface area contributed by atoms with Crippen LogP contribution in [0.3, 0.4) is 0 Å². The van der Waals surface area contributed by atoms with Crippen LogP contribution in [0.2, 0.25) is 0 Å². The molecule has 1 heterocycles. The first-order chi connectivity index (χ1) is 10.3. The SMILES string of the molecule is N#CCSC(=S)N(c1ccncc1)c1ccc(C#N)cc1. The van der Waals surface area contributed by atoms with Gasteiger partial charge in [-0.1, -0.05) is 24.0 Å². The van der Waals surface area contributed by atoms with Crippen LogP contribution in [0.1, 0.15) is 5.56 Å². The molecule has 0 bridgehead atoms. The van der Waals surface area contributed by atoms with Crippen molar-refractivity contribution in [1.82, 2.24) is 4.98 Å². The predicted molar refractivity (Wildman–Crippen MR) is 88.2 cm³/mol. The number of benzene rings is 1. The quantitative estimate of drug-likeness (QED) is 0.807. The minimum atomic E-state index is 0.288. The number of rotatable bonds is 3. The number of pyridine rings is 1. The van der Waals surface area contributed by atoms with Gasteiger partial charge in [-0.05, 0) is 36.4 Å². The monoisotopic (exact) mass is 310 g/mol. The van der Waals surface area contributed by atoms with Crippen LogP contribution in [-0.2, 0) is 0 Å². The Bertz CT molecular complexity index is 699. The van der Waals surface area contributed by atoms with E-state index in [0.29, 0.717) is 9.88 Å². The fraction of sp³-hybridized carbons (Fsp3) is 0.0667. The van der Waals surface area contributed by atoms with Gasteiger partial charge in [0, 0.05) is 18.1 Å². The molecule has 0 radical (unpaired) electrons. The van der Waals surface area contributed by atoms with Gasteiger partial charge in [0.25, 0.3) is 0 Å². The largest absolute Gasteiger partial charge is 0.296 e. The number of aromatic nitrogens is 1. The van der Waals surface area contributed by atoms with E-state index in [1.807, 2.05) is 29.2 Å². The van der Waals surface area contributed by atoms with Gasteiger partial charge in [-0.15, -0.1) is 0 Å². The maximum Gasteiger partial charge on any atom is 0.146 e. The lowest BCUT2D eigenvalue weighted by Gasteiger charge is -2.24. The van der Waals surface area contributed by atoms with E-state index in [1.165, 1.54) is 11.8 Å². The number of hydrogen-bond donors (Lipinski definition) is 0. The van der Waals surface area contributed by atoms with Crippen molar-refractivity contribution in [3.05, 3.63) is 54.4 Å². The molecule has 21 heavy (non-hydrogen) atoms. The van der Waals surface area contributed by atoms with Crippen molar-refractivity contribution in [2.24, 2.45) is 0 Å². The highest BCUT2D eigenvalue weighted by Crippen LogP contribution is 2.29. The number of anilines is 2. The molecule has 0 saturated heterocycles. The Morgan fingerprint density at radius 3 is 2.29 bits per heavy atom. The summed E-state index contributed by atoms with van der Waals surface area (Å²) in [6.45, 7) is 0. The maximum absolute atomic E-state index is 8.87. The Morgan fingerprint density at radius 2 is 1.71 bits per heavy atom. The smallest absolute Gasteiger partial charge is 0.146 e. The fourth-order valence-corrected chi connectivity index (χ4v) is 2.61. The molecule has 4 nitrogen and oxygen atoms in total. The van der Waals surface area contributed by atoms with Crippen molar-refractivity contribution < 1.29 is 0 Å². The molecular weight excluding hydrogens is 300 g/mol. The first-order valence-corrected chi connectivity index (χ1v) is 7.39. The highest BCUT2D eigenvalue weighted by molar-refractivity contribution is 8.23. The van der Waals surface area contributed by atoms with Gasteiger partial charge in [-0.3, -0.25) is 9.88 Å². The lowest BCUT2D eigenvalue weighted by atomic mass is 10.2. The van der Waals surface area contributed by atoms with Crippen LogP contribution >= 0.6 is 24.0 Å². The summed E-state index contributed by atoms with van der Waals surface area (Å²) < 4.78 is 0.576. The molecule has 1 aromatic heterocycles. The van der Waals surface area contributed by atoms with Crippen LogP contribution in [0.25, 0.3) is 0 Å². The highest BCUT2D eigenvalue weighted by Gasteiger charge is 2.15. The van der Waals surface area contributed by atoms with E-state index in [2.05, 4.69) is 17.1 Å². The Balaban J connectivity index is 2.38. The standard InChI is InChI=1S/C15H10N4S2/c16-7-10-21-15(20)19(14-5-8-18-9-6-14)13-3-1-12(11-17)2-4-13/h1-6,8-9H,10H2. The third-order valence-electron chi connectivity index (χ3n) is 2.62. The van der Waals surface area contributed by atoms with E-state index in [9.17, 15) is 0 Å². The van der Waals surface area contributed by atoms with Crippen LogP contribution in [0, 0.1) is 22.7 Å². The van der Waals surface area contributed by atoms with E-state index in [4.69, 9.17) is 22.7 Å². The van der Waals surface area contributed by atoms with E-state index in [-0.39, 0.29) is 5.75 Å². The average molecular weight is 310 g/mol. The van der Waals surface area contributed by atoms with Crippen molar-refractivity contribution >= 4 is 39.7 Å². The summed E-state index contributed by atoms with van der Waals surface area (Å²) in [4.78, 5) is 5.86. The van der Waals surface area contributed by atoms with Crippen molar-refractivity contribution in [1.29, 1.82) is 10.5 Å². The first kappa shape index (κ1) is 15.0. The molecular formula is C15H10N4S2. The molecule has 0 unspecified atom stereocenters. The molecule has 0 aliphatic carbocycles. The Kier molecular flexibility index (Phi) is 5.28. The van der Waals surface area contributed by atoms with Gasteiger partial charge in [0.2, 0.25) is 0 Å². The van der Waals surface area contributed by atoms with E-state index >= 15 is 0 Å². The fourth-order valence-electron chi connectivity index (χ4n) is 1.70. The highest BCUT2D eigenvalue weighted by atomic mass is 32.2. The number of hydrogen-bond acceptors (Lipinski definition) is 5. The van der Waals surface area contributed by atoms with Crippen LogP contribution < -0.4 is 4.90 Å². The van der Waals surface area contributed by atoms with Gasteiger partial charge in [0.05, 0.1) is 29.1 Å². The summed E-state index contributed by atoms with van der Waals surface area (Å²) in [5.41, 5.74) is 2.30. The topological polar surface area (TPSA) is 63.7 Å². The minimum absolute atomic E-state index is 0.288. The van der Waals surface area contributed by atoms with E-state index in [0.717, 1.165) is 11.4 Å². The maximum atomic E-state index is 8.87. The summed E-state index contributed by atoms with van der Waals surface area (Å²) in [6, 6.07) is 15.0. The van der Waals surface area contributed by atoms with Gasteiger partial charge >= 0.3 is 0 Å². The minimum Gasteiger partial charge on any atom is -0.296 e. The molecule has 0 N–H and O–H groups in total. The molecule has 0 aliphatic rings. The van der Waals surface area contributed by atoms with Gasteiger partial charge in [-0.25, -0.2) is 0 Å². The molecule has 102 valence electrons.